The fourth-order valence-electron chi connectivity index (χ4n) is 2.42. The second kappa shape index (κ2) is 4.71. The van der Waals surface area contributed by atoms with E-state index in [9.17, 15) is 5.26 Å². The lowest BCUT2D eigenvalue weighted by Gasteiger charge is -2.22. The number of pyridine rings is 1. The van der Waals surface area contributed by atoms with Gasteiger partial charge in [0, 0.05) is 30.2 Å². The molecule has 4 heteroatoms. The Morgan fingerprint density at radius 3 is 2.95 bits per heavy atom. The Hall–Kier alpha value is -1.79. The summed E-state index contributed by atoms with van der Waals surface area (Å²) in [6.07, 6.45) is 4.22. The van der Waals surface area contributed by atoms with E-state index in [1.807, 2.05) is 25.2 Å². The quantitative estimate of drug-likeness (QED) is 0.856. The lowest BCUT2D eigenvalue weighted by atomic mass is 10.1. The first kappa shape index (κ1) is 12.3. The van der Waals surface area contributed by atoms with Crippen molar-refractivity contribution in [1.29, 1.82) is 5.26 Å². The Balaban J connectivity index is 2.16. The zero-order chi connectivity index (χ0) is 13.4. The molecule has 19 heavy (non-hydrogen) atoms. The summed E-state index contributed by atoms with van der Waals surface area (Å²) in [5, 5.41) is 10.9. The Morgan fingerprint density at radius 1 is 1.47 bits per heavy atom. The number of hydrogen-bond donors (Lipinski definition) is 0. The van der Waals surface area contributed by atoms with Crippen LogP contribution in [-0.4, -0.2) is 18.6 Å². The minimum Gasteiger partial charge on any atom is -0.373 e. The van der Waals surface area contributed by atoms with Crippen molar-refractivity contribution < 1.29 is 0 Å². The van der Waals surface area contributed by atoms with Crippen molar-refractivity contribution in [3.8, 4) is 6.07 Å². The number of nitrogens with zero attached hydrogens (tertiary/aromatic N) is 3. The minimum atomic E-state index is 0.609. The van der Waals surface area contributed by atoms with E-state index < -0.39 is 0 Å². The normalized spacial score (nSPS) is 14.4. The summed E-state index contributed by atoms with van der Waals surface area (Å²) in [5.41, 5.74) is 2.43. The van der Waals surface area contributed by atoms with Gasteiger partial charge in [-0.05, 0) is 37.0 Å². The van der Waals surface area contributed by atoms with Gasteiger partial charge in [-0.3, -0.25) is 4.98 Å². The third kappa shape index (κ3) is 2.36. The number of benzene rings is 1. The average molecular weight is 272 g/mol. The Bertz CT molecular complexity index is 671. The highest BCUT2D eigenvalue weighted by Gasteiger charge is 2.24. The van der Waals surface area contributed by atoms with Crippen LogP contribution in [0.15, 0.2) is 24.4 Å². The first-order chi connectivity index (χ1) is 9.19. The van der Waals surface area contributed by atoms with Crippen molar-refractivity contribution in [2.24, 2.45) is 5.92 Å². The Labute approximate surface area is 117 Å². The third-order valence-electron chi connectivity index (χ3n) is 3.53. The van der Waals surface area contributed by atoms with Crippen LogP contribution in [-0.2, 0) is 0 Å². The van der Waals surface area contributed by atoms with Crippen molar-refractivity contribution in [3.63, 3.8) is 0 Å². The van der Waals surface area contributed by atoms with Crippen LogP contribution >= 0.6 is 11.6 Å². The average Bonchev–Trinajstić information content (AvgIpc) is 3.20. The van der Waals surface area contributed by atoms with Gasteiger partial charge in [-0.15, -0.1) is 0 Å². The molecule has 3 nitrogen and oxygen atoms in total. The Morgan fingerprint density at radius 2 is 2.26 bits per heavy atom. The van der Waals surface area contributed by atoms with Gasteiger partial charge in [0.1, 0.15) is 6.07 Å². The molecule has 0 atom stereocenters. The topological polar surface area (TPSA) is 39.9 Å². The van der Waals surface area contributed by atoms with E-state index in [0.717, 1.165) is 29.1 Å². The van der Waals surface area contributed by atoms with Gasteiger partial charge in [-0.25, -0.2) is 0 Å². The van der Waals surface area contributed by atoms with Crippen molar-refractivity contribution >= 4 is 28.2 Å². The highest BCUT2D eigenvalue weighted by molar-refractivity contribution is 6.31. The number of nitriles is 1. The van der Waals surface area contributed by atoms with E-state index in [0.29, 0.717) is 10.6 Å². The molecule has 0 bridgehead atoms. The molecule has 0 unspecified atom stereocenters. The maximum atomic E-state index is 9.30. The monoisotopic (exact) mass is 271 g/mol. The molecule has 2 aromatic rings. The number of hydrogen-bond acceptors (Lipinski definition) is 3. The summed E-state index contributed by atoms with van der Waals surface area (Å²) in [6.45, 7) is 0.986. The summed E-state index contributed by atoms with van der Waals surface area (Å²) < 4.78 is 0. The molecule has 96 valence electrons. The highest BCUT2D eigenvalue weighted by Crippen LogP contribution is 2.35. The van der Waals surface area contributed by atoms with E-state index in [4.69, 9.17) is 11.6 Å². The van der Waals surface area contributed by atoms with Crippen LogP contribution in [0.25, 0.3) is 10.9 Å². The van der Waals surface area contributed by atoms with Crippen molar-refractivity contribution in [3.05, 3.63) is 35.0 Å². The van der Waals surface area contributed by atoms with Crippen LogP contribution < -0.4 is 4.90 Å². The zero-order valence-corrected chi connectivity index (χ0v) is 11.5. The predicted molar refractivity (Wildman–Crippen MR) is 77.5 cm³/mol. The fraction of sp³-hybridized carbons (Fsp3) is 0.333. The van der Waals surface area contributed by atoms with Crippen LogP contribution in [0.3, 0.4) is 0 Å². The third-order valence-corrected chi connectivity index (χ3v) is 3.77. The molecular weight excluding hydrogens is 258 g/mol. The molecule has 1 heterocycles. The lowest BCUT2D eigenvalue weighted by molar-refractivity contribution is 0.788. The van der Waals surface area contributed by atoms with Crippen LogP contribution in [0.2, 0.25) is 5.02 Å². The maximum Gasteiger partial charge on any atom is 0.103 e. The van der Waals surface area contributed by atoms with Crippen LogP contribution in [0.5, 0.6) is 0 Å². The first-order valence-corrected chi connectivity index (χ1v) is 6.76. The van der Waals surface area contributed by atoms with E-state index >= 15 is 0 Å². The van der Waals surface area contributed by atoms with Crippen molar-refractivity contribution in [1.82, 2.24) is 4.98 Å². The molecule has 1 aromatic heterocycles. The van der Waals surface area contributed by atoms with Crippen LogP contribution in [0.1, 0.15) is 18.4 Å². The molecule has 0 radical (unpaired) electrons. The minimum absolute atomic E-state index is 0.609. The summed E-state index contributed by atoms with van der Waals surface area (Å²) in [4.78, 5) is 6.49. The molecule has 1 saturated carbocycles. The zero-order valence-electron chi connectivity index (χ0n) is 10.7. The molecule has 1 aliphatic rings. The number of fused-ring (bicyclic) bond motifs is 1. The fourth-order valence-corrected chi connectivity index (χ4v) is 2.60. The molecule has 1 fully saturated rings. The number of halogens is 1. The first-order valence-electron chi connectivity index (χ1n) is 6.38. The molecule has 0 amide bonds. The van der Waals surface area contributed by atoms with Crippen molar-refractivity contribution in [2.75, 3.05) is 18.5 Å². The smallest absolute Gasteiger partial charge is 0.103 e. The van der Waals surface area contributed by atoms with E-state index in [1.165, 1.54) is 12.8 Å². The van der Waals surface area contributed by atoms with Gasteiger partial charge in [0.15, 0.2) is 0 Å². The molecule has 0 aliphatic heterocycles. The van der Waals surface area contributed by atoms with Crippen molar-refractivity contribution in [2.45, 2.75) is 12.8 Å². The predicted octanol–water partition coefficient (Wildman–Crippen LogP) is 3.61. The second-order valence-corrected chi connectivity index (χ2v) is 5.55. The molecule has 0 spiro atoms. The summed E-state index contributed by atoms with van der Waals surface area (Å²) in [7, 11) is 2.04. The summed E-state index contributed by atoms with van der Waals surface area (Å²) in [6, 6.07) is 7.85. The van der Waals surface area contributed by atoms with Gasteiger partial charge in [0.25, 0.3) is 0 Å². The molecule has 0 N–H and O–H groups in total. The molecule has 1 aliphatic carbocycles. The van der Waals surface area contributed by atoms with Gasteiger partial charge >= 0.3 is 0 Å². The number of anilines is 1. The van der Waals surface area contributed by atoms with Crippen LogP contribution in [0, 0.1) is 17.2 Å². The second-order valence-electron chi connectivity index (χ2n) is 5.12. The van der Waals surface area contributed by atoms with Crippen LogP contribution in [0.4, 0.5) is 5.69 Å². The van der Waals surface area contributed by atoms with Gasteiger partial charge in [0.2, 0.25) is 0 Å². The number of aromatic nitrogens is 1. The largest absolute Gasteiger partial charge is 0.373 e. The molecule has 3 rings (SSSR count). The SMILES string of the molecule is CN(CC1CC1)c1c(C#N)cnc2ccc(Cl)cc12. The standard InChI is InChI=1S/C15H14ClN3/c1-19(9-10-2-3-10)15-11(7-17)8-18-14-5-4-12(16)6-13(14)15/h4-6,8,10H,2-3,9H2,1H3. The summed E-state index contributed by atoms with van der Waals surface area (Å²) in [5.74, 6) is 0.763. The lowest BCUT2D eigenvalue weighted by Crippen LogP contribution is -2.21. The molecular formula is C15H14ClN3. The number of rotatable bonds is 3. The van der Waals surface area contributed by atoms with Gasteiger partial charge in [-0.2, -0.15) is 5.26 Å². The van der Waals surface area contributed by atoms with Gasteiger partial charge in [0.05, 0.1) is 16.8 Å². The highest BCUT2D eigenvalue weighted by atomic mass is 35.5. The molecule has 0 saturated heterocycles. The van der Waals surface area contributed by atoms with E-state index in [2.05, 4.69) is 16.0 Å². The Kier molecular flexibility index (Phi) is 3.04. The van der Waals surface area contributed by atoms with E-state index in [1.54, 1.807) is 6.20 Å². The maximum absolute atomic E-state index is 9.30. The van der Waals surface area contributed by atoms with Gasteiger partial charge in [-0.1, -0.05) is 11.6 Å². The molecule has 1 aromatic carbocycles. The van der Waals surface area contributed by atoms with Gasteiger partial charge < -0.3 is 4.90 Å². The van der Waals surface area contributed by atoms with E-state index in [-0.39, 0.29) is 0 Å². The summed E-state index contributed by atoms with van der Waals surface area (Å²) >= 11 is 6.08.